The molecule has 0 heterocycles. The number of halogens is 1. The van der Waals surface area contributed by atoms with Crippen LogP contribution in [0.25, 0.3) is 0 Å². The first kappa shape index (κ1) is 22.2. The third kappa shape index (κ3) is 4.98. The van der Waals surface area contributed by atoms with E-state index in [9.17, 15) is 31.3 Å². The van der Waals surface area contributed by atoms with Gasteiger partial charge in [-0.3, -0.25) is 19.6 Å². The summed E-state index contributed by atoms with van der Waals surface area (Å²) in [6.45, 7) is 1.47. The van der Waals surface area contributed by atoms with Crippen LogP contribution >= 0.6 is 0 Å². The third-order valence-electron chi connectivity index (χ3n) is 4.23. The monoisotopic (exact) mass is 465 g/mol. The van der Waals surface area contributed by atoms with Gasteiger partial charge in [0.15, 0.2) is 0 Å². The quantitative estimate of drug-likeness (QED) is 0.404. The lowest BCUT2D eigenvalue weighted by Crippen LogP contribution is -2.17. The van der Waals surface area contributed by atoms with Gasteiger partial charge in [0.1, 0.15) is 5.82 Å². The molecule has 31 heavy (non-hydrogen) atoms. The van der Waals surface area contributed by atoms with Crippen molar-refractivity contribution in [3.63, 3.8) is 0 Å². The maximum Gasteiger partial charge on any atom is 0.273 e. The highest BCUT2D eigenvalue weighted by Crippen LogP contribution is 2.28. The molecule has 0 aromatic heterocycles. The van der Waals surface area contributed by atoms with Crippen molar-refractivity contribution in [3.05, 3.63) is 88.2 Å². The van der Waals surface area contributed by atoms with E-state index in [1.165, 1.54) is 43.3 Å². The lowest BCUT2D eigenvalue weighted by Gasteiger charge is -2.15. The fourth-order valence-electron chi connectivity index (χ4n) is 2.64. The van der Waals surface area contributed by atoms with E-state index in [2.05, 4.69) is 9.44 Å². The first-order valence-electron chi connectivity index (χ1n) is 8.65. The minimum Gasteiger partial charge on any atom is -0.277 e. The summed E-state index contributed by atoms with van der Waals surface area (Å²) in [5, 5.41) is 11.1. The summed E-state index contributed by atoms with van der Waals surface area (Å²) in [6, 6.07) is 13.1. The van der Waals surface area contributed by atoms with Crippen LogP contribution in [0.3, 0.4) is 0 Å². The Kier molecular flexibility index (Phi) is 5.95. The molecule has 0 saturated carbocycles. The molecule has 3 aromatic carbocycles. The van der Waals surface area contributed by atoms with Crippen LogP contribution in [-0.4, -0.2) is 21.8 Å². The summed E-state index contributed by atoms with van der Waals surface area (Å²) in [5.41, 5.74) is -0.266. The van der Waals surface area contributed by atoms with E-state index in [1.54, 1.807) is 0 Å². The first-order chi connectivity index (χ1) is 14.5. The van der Waals surface area contributed by atoms with Gasteiger partial charge in [0.25, 0.3) is 25.7 Å². The zero-order chi connectivity index (χ0) is 22.8. The minimum atomic E-state index is -4.27. The highest BCUT2D eigenvalue weighted by Gasteiger charge is 2.22. The number of para-hydroxylation sites is 2. The Labute approximate surface area is 177 Å². The van der Waals surface area contributed by atoms with Gasteiger partial charge < -0.3 is 0 Å². The van der Waals surface area contributed by atoms with Gasteiger partial charge in [-0.25, -0.2) is 21.2 Å². The molecular weight excluding hydrogens is 449 g/mol. The number of nitrogens with one attached hydrogen (secondary N) is 2. The minimum absolute atomic E-state index is 0.0861. The predicted molar refractivity (Wildman–Crippen MR) is 112 cm³/mol. The highest BCUT2D eigenvalue weighted by molar-refractivity contribution is 7.93. The smallest absolute Gasteiger partial charge is 0.273 e. The number of nitro benzene ring substituents is 1. The molecule has 0 radical (unpaired) electrons. The summed E-state index contributed by atoms with van der Waals surface area (Å²) < 4.78 is 68.2. The molecule has 0 bridgehead atoms. The van der Waals surface area contributed by atoms with Crippen molar-refractivity contribution in [3.8, 4) is 0 Å². The third-order valence-corrected chi connectivity index (χ3v) is 6.97. The van der Waals surface area contributed by atoms with Crippen LogP contribution in [0.4, 0.5) is 21.5 Å². The molecule has 0 aliphatic heterocycles. The maximum absolute atomic E-state index is 13.1. The lowest BCUT2D eigenvalue weighted by atomic mass is 10.2. The van der Waals surface area contributed by atoms with Gasteiger partial charge in [-0.2, -0.15) is 0 Å². The van der Waals surface area contributed by atoms with Crippen LogP contribution in [-0.2, 0) is 20.0 Å². The molecule has 0 aliphatic rings. The molecule has 0 saturated heterocycles. The standard InChI is InChI=1S/C19H16FN3O6S2/c1-13-6-9-16(12-19(13)23(24)25)31(28,29)22-18-5-3-2-4-17(18)21-30(26,27)15-10-7-14(20)8-11-15/h2-12,21-22H,1H3. The van der Waals surface area contributed by atoms with Crippen LogP contribution in [0.2, 0.25) is 0 Å². The Morgan fingerprint density at radius 1 is 0.806 bits per heavy atom. The predicted octanol–water partition coefficient (Wildman–Crippen LogP) is 3.64. The fraction of sp³-hybridized carbons (Fsp3) is 0.0526. The number of anilines is 2. The molecule has 2 N–H and O–H groups in total. The average Bonchev–Trinajstić information content (AvgIpc) is 2.69. The normalized spacial score (nSPS) is 11.7. The van der Waals surface area contributed by atoms with Crippen molar-refractivity contribution in [2.75, 3.05) is 9.44 Å². The van der Waals surface area contributed by atoms with Crippen molar-refractivity contribution < 1.29 is 26.1 Å². The molecule has 0 amide bonds. The second-order valence-electron chi connectivity index (χ2n) is 6.42. The van der Waals surface area contributed by atoms with Crippen molar-refractivity contribution >= 4 is 37.1 Å². The zero-order valence-electron chi connectivity index (χ0n) is 15.9. The number of nitro groups is 1. The van der Waals surface area contributed by atoms with Crippen molar-refractivity contribution in [2.24, 2.45) is 0 Å². The largest absolute Gasteiger partial charge is 0.277 e. The summed E-state index contributed by atoms with van der Waals surface area (Å²) in [4.78, 5) is 9.84. The van der Waals surface area contributed by atoms with Crippen LogP contribution in [0.15, 0.2) is 76.5 Å². The summed E-state index contributed by atoms with van der Waals surface area (Å²) in [6.07, 6.45) is 0. The summed E-state index contributed by atoms with van der Waals surface area (Å²) in [7, 11) is -8.41. The van der Waals surface area contributed by atoms with E-state index in [0.717, 1.165) is 30.3 Å². The number of rotatable bonds is 7. The molecule has 0 spiro atoms. The first-order valence-corrected chi connectivity index (χ1v) is 11.6. The van der Waals surface area contributed by atoms with E-state index in [1.807, 2.05) is 0 Å². The van der Waals surface area contributed by atoms with E-state index in [4.69, 9.17) is 0 Å². The molecule has 0 unspecified atom stereocenters. The number of nitrogens with zero attached hydrogens (tertiary/aromatic N) is 1. The van der Waals surface area contributed by atoms with Crippen LogP contribution in [0, 0.1) is 22.9 Å². The topological polar surface area (TPSA) is 135 Å². The van der Waals surface area contributed by atoms with E-state index >= 15 is 0 Å². The van der Waals surface area contributed by atoms with Crippen molar-refractivity contribution in [1.29, 1.82) is 0 Å². The molecule has 12 heteroatoms. The highest BCUT2D eigenvalue weighted by atomic mass is 32.2. The Bertz CT molecular complexity index is 1360. The molecular formula is C19H16FN3O6S2. The van der Waals surface area contributed by atoms with Gasteiger partial charge >= 0.3 is 0 Å². The second kappa shape index (κ2) is 8.32. The Morgan fingerprint density at radius 3 is 1.81 bits per heavy atom. The van der Waals surface area contributed by atoms with Crippen molar-refractivity contribution in [1.82, 2.24) is 0 Å². The van der Waals surface area contributed by atoms with Gasteiger partial charge in [0, 0.05) is 11.6 Å². The molecule has 3 aromatic rings. The Morgan fingerprint density at radius 2 is 1.29 bits per heavy atom. The number of aryl methyl sites for hydroxylation is 1. The van der Waals surface area contributed by atoms with Gasteiger partial charge in [0.05, 0.1) is 26.1 Å². The van der Waals surface area contributed by atoms with E-state index < -0.39 is 30.8 Å². The van der Waals surface area contributed by atoms with Crippen LogP contribution in [0.5, 0.6) is 0 Å². The molecule has 162 valence electrons. The van der Waals surface area contributed by atoms with E-state index in [0.29, 0.717) is 0 Å². The SMILES string of the molecule is Cc1ccc(S(=O)(=O)Nc2ccccc2NS(=O)(=O)c2ccc(F)cc2)cc1[N+](=O)[O-]. The maximum atomic E-state index is 13.1. The molecule has 0 aliphatic carbocycles. The van der Waals surface area contributed by atoms with Crippen molar-refractivity contribution in [2.45, 2.75) is 16.7 Å². The fourth-order valence-corrected chi connectivity index (χ4v) is 4.81. The van der Waals surface area contributed by atoms with Gasteiger partial charge in [-0.05, 0) is 49.4 Å². The second-order valence-corrected chi connectivity index (χ2v) is 9.78. The number of hydrogen-bond acceptors (Lipinski definition) is 6. The van der Waals surface area contributed by atoms with Gasteiger partial charge in [-0.15, -0.1) is 0 Å². The zero-order valence-corrected chi connectivity index (χ0v) is 17.6. The van der Waals surface area contributed by atoms with Crippen LogP contribution in [0.1, 0.15) is 5.56 Å². The summed E-state index contributed by atoms with van der Waals surface area (Å²) in [5.74, 6) is -0.612. The molecule has 0 fully saturated rings. The van der Waals surface area contributed by atoms with Gasteiger partial charge in [0.2, 0.25) is 0 Å². The Hall–Kier alpha value is -3.51. The molecule has 3 rings (SSSR count). The number of sulfonamides is 2. The molecule has 0 atom stereocenters. The number of hydrogen-bond donors (Lipinski definition) is 2. The van der Waals surface area contributed by atoms with E-state index in [-0.39, 0.29) is 32.4 Å². The summed E-state index contributed by atoms with van der Waals surface area (Å²) >= 11 is 0. The average molecular weight is 465 g/mol. The number of benzene rings is 3. The van der Waals surface area contributed by atoms with Gasteiger partial charge in [-0.1, -0.05) is 18.2 Å². The van der Waals surface area contributed by atoms with Crippen LogP contribution < -0.4 is 9.44 Å². The lowest BCUT2D eigenvalue weighted by molar-refractivity contribution is -0.385. The molecule has 9 nitrogen and oxygen atoms in total. The Balaban J connectivity index is 1.94.